The third-order valence-corrected chi connectivity index (χ3v) is 33.3. The van der Waals surface area contributed by atoms with Gasteiger partial charge in [-0.05, 0) is 0 Å². The van der Waals surface area contributed by atoms with Crippen LogP contribution in [0.2, 0.25) is 19.3 Å². The van der Waals surface area contributed by atoms with Crippen molar-refractivity contribution in [1.29, 1.82) is 0 Å². The van der Waals surface area contributed by atoms with Crippen molar-refractivity contribution >= 4 is 5.92 Å². The Hall–Kier alpha value is 0.0600. The van der Waals surface area contributed by atoms with E-state index in [2.05, 4.69) is 38.2 Å². The van der Waals surface area contributed by atoms with Gasteiger partial charge in [-0.1, -0.05) is 0 Å². The molecule has 129 valence electrons. The molecule has 0 aromatic rings. The van der Waals surface area contributed by atoms with Gasteiger partial charge in [-0.15, -0.1) is 0 Å². The monoisotopic (exact) mass is 415 g/mol. The standard InChI is InChI=1S/2C9H11.C4H11Si.Zr/c2*1-2-5-9-7-3-6-8(9)4-1;1-3-5-4-2;/h2*3,6-7H,1-2,4-5H2;5H,3-4H2,1-2H3;. The van der Waals surface area contributed by atoms with E-state index in [0.29, 0.717) is 0 Å². The summed E-state index contributed by atoms with van der Waals surface area (Å²) in [5.74, 6) is -0.521. The van der Waals surface area contributed by atoms with Crippen LogP contribution in [0.5, 0.6) is 0 Å². The number of hydrogen-bond acceptors (Lipinski definition) is 0. The van der Waals surface area contributed by atoms with Crippen LogP contribution in [0.3, 0.4) is 0 Å². The number of hydrogen-bond donors (Lipinski definition) is 0. The molecular weight excluding hydrogens is 384 g/mol. The Morgan fingerprint density at radius 1 is 0.792 bits per heavy atom. The molecule has 2 heteroatoms. The molecule has 0 aliphatic heterocycles. The van der Waals surface area contributed by atoms with Gasteiger partial charge in [-0.3, -0.25) is 0 Å². The molecule has 0 N–H and O–H groups in total. The average Bonchev–Trinajstić information content (AvgIpc) is 3.24. The Balaban J connectivity index is 1.68. The average molecular weight is 417 g/mol. The molecule has 0 saturated heterocycles. The minimum atomic E-state index is -1.52. The van der Waals surface area contributed by atoms with Crippen LogP contribution in [0.1, 0.15) is 65.2 Å². The van der Waals surface area contributed by atoms with Gasteiger partial charge in [0.1, 0.15) is 0 Å². The molecule has 2 atom stereocenters. The van der Waals surface area contributed by atoms with Crippen LogP contribution in [0.15, 0.2) is 46.6 Å². The molecule has 2 unspecified atom stereocenters. The maximum absolute atomic E-state index is 2.73. The molecule has 4 rings (SSSR count). The zero-order chi connectivity index (χ0) is 16.5. The molecule has 0 radical (unpaired) electrons. The van der Waals surface area contributed by atoms with Gasteiger partial charge in [-0.25, -0.2) is 0 Å². The molecule has 0 spiro atoms. The van der Waals surface area contributed by atoms with Crippen LogP contribution >= 0.6 is 0 Å². The van der Waals surface area contributed by atoms with Gasteiger partial charge in [-0.2, -0.15) is 0 Å². The van der Waals surface area contributed by atoms with E-state index >= 15 is 0 Å². The van der Waals surface area contributed by atoms with E-state index in [4.69, 9.17) is 0 Å². The maximum atomic E-state index is 2.73. The van der Waals surface area contributed by atoms with Crippen LogP contribution in [-0.4, -0.2) is 5.92 Å². The summed E-state index contributed by atoms with van der Waals surface area (Å²) >= 11 is -1.52. The van der Waals surface area contributed by atoms with Crippen LogP contribution in [0.25, 0.3) is 0 Å². The van der Waals surface area contributed by atoms with E-state index in [0.717, 1.165) is 7.25 Å². The van der Waals surface area contributed by atoms with Crippen molar-refractivity contribution in [3.63, 3.8) is 0 Å². The van der Waals surface area contributed by atoms with Gasteiger partial charge in [0.05, 0.1) is 0 Å². The zero-order valence-electron chi connectivity index (χ0n) is 15.6. The molecule has 0 heterocycles. The van der Waals surface area contributed by atoms with Crippen molar-refractivity contribution in [2.24, 2.45) is 0 Å². The topological polar surface area (TPSA) is 0 Å². The second kappa shape index (κ2) is 7.75. The number of allylic oxidation sites excluding steroid dienone is 8. The molecule has 24 heavy (non-hydrogen) atoms. The summed E-state index contributed by atoms with van der Waals surface area (Å²) in [6, 6.07) is 3.12. The summed E-state index contributed by atoms with van der Waals surface area (Å²) in [7, 11) is 0. The number of rotatable bonds is 5. The van der Waals surface area contributed by atoms with E-state index in [1.807, 2.05) is 11.1 Å². The van der Waals surface area contributed by atoms with Gasteiger partial charge < -0.3 is 0 Å². The van der Waals surface area contributed by atoms with Crippen molar-refractivity contribution < 1.29 is 20.9 Å². The summed E-state index contributed by atoms with van der Waals surface area (Å²) in [4.78, 5) is 0. The first kappa shape index (κ1) is 17.5. The van der Waals surface area contributed by atoms with E-state index in [1.54, 1.807) is 23.2 Å². The van der Waals surface area contributed by atoms with Gasteiger partial charge in [0, 0.05) is 0 Å². The van der Waals surface area contributed by atoms with Crippen LogP contribution < -0.4 is 0 Å². The van der Waals surface area contributed by atoms with Gasteiger partial charge in [0.2, 0.25) is 0 Å². The molecule has 0 saturated carbocycles. The second-order valence-electron chi connectivity index (χ2n) is 8.20. The predicted molar refractivity (Wildman–Crippen MR) is 105 cm³/mol. The first-order chi connectivity index (χ1) is 11.8. The van der Waals surface area contributed by atoms with Crippen molar-refractivity contribution in [2.45, 2.75) is 84.6 Å². The summed E-state index contributed by atoms with van der Waals surface area (Å²) < 4.78 is 1.98. The molecular formula is C22H33SiZr. The van der Waals surface area contributed by atoms with E-state index in [1.165, 1.54) is 51.4 Å². The van der Waals surface area contributed by atoms with E-state index in [9.17, 15) is 0 Å². The third kappa shape index (κ3) is 3.11. The Morgan fingerprint density at radius 2 is 1.25 bits per heavy atom. The van der Waals surface area contributed by atoms with Crippen molar-refractivity contribution in [2.75, 3.05) is 0 Å². The summed E-state index contributed by atoms with van der Waals surface area (Å²) in [5.41, 5.74) is 7.47. The second-order valence-corrected chi connectivity index (χ2v) is 26.7. The summed E-state index contributed by atoms with van der Waals surface area (Å²) in [5, 5.41) is 0. The molecule has 0 aromatic carbocycles. The van der Waals surface area contributed by atoms with Crippen LogP contribution in [-0.2, 0) is 20.9 Å². The Labute approximate surface area is 157 Å². The first-order valence-corrected chi connectivity index (χ1v) is 19.8. The fraction of sp³-hybridized carbons (Fsp3) is 0.636. The predicted octanol–water partition coefficient (Wildman–Crippen LogP) is 6.83. The van der Waals surface area contributed by atoms with Crippen molar-refractivity contribution in [3.05, 3.63) is 46.6 Å². The van der Waals surface area contributed by atoms with Crippen molar-refractivity contribution in [3.8, 4) is 0 Å². The molecule has 0 amide bonds. The van der Waals surface area contributed by atoms with E-state index in [-0.39, 0.29) is 0 Å². The SMILES string of the molecule is CC[SiH](CC)[Zr]([CH]1C=CC2=C1CCCC2)[CH]1C=CC2=C1CCCC2. The normalized spacial score (nSPS) is 28.8. The van der Waals surface area contributed by atoms with Crippen LogP contribution in [0, 0.1) is 0 Å². The molecule has 0 nitrogen and oxygen atoms in total. The van der Waals surface area contributed by atoms with Crippen LogP contribution in [0.4, 0.5) is 0 Å². The Kier molecular flexibility index (Phi) is 5.64. The minimum absolute atomic E-state index is 0.521. The van der Waals surface area contributed by atoms with Gasteiger partial charge >= 0.3 is 158 Å². The first-order valence-electron chi connectivity index (χ1n) is 10.5. The summed E-state index contributed by atoms with van der Waals surface area (Å²) in [6.07, 6.45) is 22.1. The Bertz CT molecular complexity index is 557. The molecule has 4 aliphatic rings. The summed E-state index contributed by atoms with van der Waals surface area (Å²) in [6.45, 7) is 5.06. The third-order valence-electron chi connectivity index (χ3n) is 7.02. The molecule has 0 bridgehead atoms. The zero-order valence-corrected chi connectivity index (χ0v) is 19.2. The Morgan fingerprint density at radius 3 is 1.71 bits per heavy atom. The molecule has 0 aromatic heterocycles. The van der Waals surface area contributed by atoms with Gasteiger partial charge in [0.15, 0.2) is 0 Å². The van der Waals surface area contributed by atoms with Gasteiger partial charge in [0.25, 0.3) is 0 Å². The molecule has 4 aliphatic carbocycles. The van der Waals surface area contributed by atoms with E-state index < -0.39 is 26.8 Å². The quantitative estimate of drug-likeness (QED) is 0.431. The fourth-order valence-electron chi connectivity index (χ4n) is 5.74. The fourth-order valence-corrected chi connectivity index (χ4v) is 32.5. The molecule has 0 fully saturated rings. The van der Waals surface area contributed by atoms with Crippen molar-refractivity contribution in [1.82, 2.24) is 0 Å².